The van der Waals surface area contributed by atoms with E-state index in [4.69, 9.17) is 16.3 Å². The van der Waals surface area contributed by atoms with Crippen LogP contribution in [0, 0.1) is 13.8 Å². The minimum atomic E-state index is -0.789. The van der Waals surface area contributed by atoms with Crippen molar-refractivity contribution in [1.29, 1.82) is 0 Å². The molecule has 0 bridgehead atoms. The highest BCUT2D eigenvalue weighted by Gasteiger charge is 2.36. The molecule has 0 atom stereocenters. The number of hydrogen-bond acceptors (Lipinski definition) is 4. The van der Waals surface area contributed by atoms with Crippen LogP contribution in [-0.2, 0) is 16.2 Å². The summed E-state index contributed by atoms with van der Waals surface area (Å²) in [7, 11) is 0. The number of carbonyl (C=O) groups is 3. The molecule has 5 rings (SSSR count). The van der Waals surface area contributed by atoms with Crippen LogP contribution in [0.5, 0.6) is 5.75 Å². The molecular weight excluding hydrogens is 488 g/mol. The molecular formula is C30H23ClN2O4. The Morgan fingerprint density at radius 1 is 0.919 bits per heavy atom. The van der Waals surface area contributed by atoms with E-state index in [1.165, 1.54) is 6.08 Å². The van der Waals surface area contributed by atoms with Crippen LogP contribution < -0.4 is 15.0 Å². The summed E-state index contributed by atoms with van der Waals surface area (Å²) < 4.78 is 6.05. The third-order valence-corrected chi connectivity index (χ3v) is 6.57. The minimum Gasteiger partial charge on any atom is -0.487 e. The second-order valence-corrected chi connectivity index (χ2v) is 9.26. The maximum absolute atomic E-state index is 13.1. The molecule has 37 heavy (non-hydrogen) atoms. The number of hydrogen-bond donors (Lipinski definition) is 1. The van der Waals surface area contributed by atoms with Crippen LogP contribution in [0.1, 0.15) is 22.3 Å². The van der Waals surface area contributed by atoms with E-state index in [-0.39, 0.29) is 5.57 Å². The van der Waals surface area contributed by atoms with Gasteiger partial charge in [0, 0.05) is 5.56 Å². The Labute approximate surface area is 219 Å². The summed E-state index contributed by atoms with van der Waals surface area (Å²) in [4.78, 5) is 39.0. The van der Waals surface area contributed by atoms with Gasteiger partial charge in [0.2, 0.25) is 0 Å². The van der Waals surface area contributed by atoms with Gasteiger partial charge in [-0.1, -0.05) is 66.2 Å². The molecule has 0 spiro atoms. The van der Waals surface area contributed by atoms with Gasteiger partial charge >= 0.3 is 6.03 Å². The highest BCUT2D eigenvalue weighted by molar-refractivity contribution is 6.39. The zero-order valence-corrected chi connectivity index (χ0v) is 21.0. The standard InChI is InChI=1S/C30H23ClN2O4/c1-18-6-5-8-22(14-18)33-29(35)24(28(34)32-30(33)36)15-20-11-13-27(26(31)16-20)37-17-25-19(2)10-12-21-7-3-4-9-23(21)25/h3-16H,17H2,1-2H3,(H,32,34,36)/b24-15+. The van der Waals surface area contributed by atoms with E-state index >= 15 is 0 Å². The van der Waals surface area contributed by atoms with E-state index in [0.717, 1.165) is 32.4 Å². The molecule has 4 aromatic rings. The summed E-state index contributed by atoms with van der Waals surface area (Å²) in [6, 6.07) is 23.4. The monoisotopic (exact) mass is 510 g/mol. The molecule has 6 nitrogen and oxygen atoms in total. The van der Waals surface area contributed by atoms with Crippen LogP contribution >= 0.6 is 11.6 Å². The number of benzene rings is 4. The summed E-state index contributed by atoms with van der Waals surface area (Å²) in [5.74, 6) is -0.990. The number of urea groups is 1. The molecule has 1 saturated heterocycles. The minimum absolute atomic E-state index is 0.169. The maximum Gasteiger partial charge on any atom is 0.335 e. The Bertz CT molecular complexity index is 1610. The fourth-order valence-electron chi connectivity index (χ4n) is 4.34. The van der Waals surface area contributed by atoms with Crippen molar-refractivity contribution in [3.05, 3.63) is 112 Å². The van der Waals surface area contributed by atoms with Crippen LogP contribution in [0.25, 0.3) is 16.8 Å². The van der Waals surface area contributed by atoms with Gasteiger partial charge in [-0.3, -0.25) is 14.9 Å². The van der Waals surface area contributed by atoms with Crippen LogP contribution in [0.4, 0.5) is 10.5 Å². The molecule has 0 radical (unpaired) electrons. The zero-order chi connectivity index (χ0) is 26.1. The molecule has 1 aliphatic heterocycles. The third-order valence-electron chi connectivity index (χ3n) is 6.28. The number of imide groups is 2. The summed E-state index contributed by atoms with van der Waals surface area (Å²) in [5.41, 5.74) is 3.80. The molecule has 4 aromatic carbocycles. The number of aryl methyl sites for hydroxylation is 2. The first kappa shape index (κ1) is 24.3. The lowest BCUT2D eigenvalue weighted by molar-refractivity contribution is -0.122. The van der Waals surface area contributed by atoms with Gasteiger partial charge in [0.05, 0.1) is 10.7 Å². The van der Waals surface area contributed by atoms with Gasteiger partial charge in [0.15, 0.2) is 0 Å². The van der Waals surface area contributed by atoms with Gasteiger partial charge in [0.25, 0.3) is 11.8 Å². The Hall–Kier alpha value is -4.42. The number of anilines is 1. The zero-order valence-electron chi connectivity index (χ0n) is 20.2. The predicted molar refractivity (Wildman–Crippen MR) is 145 cm³/mol. The number of ether oxygens (including phenoxy) is 1. The Morgan fingerprint density at radius 3 is 2.51 bits per heavy atom. The van der Waals surface area contributed by atoms with Crippen molar-refractivity contribution < 1.29 is 19.1 Å². The van der Waals surface area contributed by atoms with Gasteiger partial charge < -0.3 is 4.74 Å². The molecule has 1 aliphatic rings. The first-order chi connectivity index (χ1) is 17.8. The van der Waals surface area contributed by atoms with E-state index in [0.29, 0.717) is 28.6 Å². The third kappa shape index (κ3) is 4.84. The normalized spacial score (nSPS) is 14.8. The van der Waals surface area contributed by atoms with Gasteiger partial charge in [-0.15, -0.1) is 0 Å². The number of halogens is 1. The van der Waals surface area contributed by atoms with Crippen molar-refractivity contribution in [3.8, 4) is 5.75 Å². The highest BCUT2D eigenvalue weighted by Crippen LogP contribution is 2.30. The van der Waals surface area contributed by atoms with E-state index < -0.39 is 17.8 Å². The second-order valence-electron chi connectivity index (χ2n) is 8.86. The number of carbonyl (C=O) groups excluding carboxylic acids is 3. The number of amides is 4. The van der Waals surface area contributed by atoms with E-state index in [9.17, 15) is 14.4 Å². The van der Waals surface area contributed by atoms with Crippen LogP contribution in [-0.4, -0.2) is 17.8 Å². The maximum atomic E-state index is 13.1. The SMILES string of the molecule is Cc1cccc(N2C(=O)NC(=O)/C(=C\c3ccc(OCc4c(C)ccc5ccccc45)c(Cl)c3)C2=O)c1. The summed E-state index contributed by atoms with van der Waals surface area (Å²) >= 11 is 6.50. The molecule has 1 fully saturated rings. The number of rotatable bonds is 5. The predicted octanol–water partition coefficient (Wildman–Crippen LogP) is 6.36. The summed E-state index contributed by atoms with van der Waals surface area (Å²) in [6.45, 7) is 4.23. The Kier molecular flexibility index (Phi) is 6.51. The lowest BCUT2D eigenvalue weighted by atomic mass is 10.0. The largest absolute Gasteiger partial charge is 0.487 e. The van der Waals surface area contributed by atoms with Gasteiger partial charge in [0.1, 0.15) is 17.9 Å². The average Bonchev–Trinajstić information content (AvgIpc) is 2.87. The lowest BCUT2D eigenvalue weighted by Gasteiger charge is -2.26. The van der Waals surface area contributed by atoms with Crippen molar-refractivity contribution in [2.45, 2.75) is 20.5 Å². The smallest absolute Gasteiger partial charge is 0.335 e. The number of fused-ring (bicyclic) bond motifs is 1. The fourth-order valence-corrected chi connectivity index (χ4v) is 4.58. The first-order valence-electron chi connectivity index (χ1n) is 11.7. The van der Waals surface area contributed by atoms with Crippen molar-refractivity contribution >= 4 is 52.0 Å². The lowest BCUT2D eigenvalue weighted by Crippen LogP contribution is -2.54. The van der Waals surface area contributed by atoms with E-state index in [2.05, 4.69) is 29.6 Å². The molecule has 4 amide bonds. The molecule has 184 valence electrons. The van der Waals surface area contributed by atoms with Crippen molar-refractivity contribution in [2.75, 3.05) is 4.90 Å². The number of barbiturate groups is 1. The average molecular weight is 511 g/mol. The first-order valence-corrected chi connectivity index (χ1v) is 12.1. The summed E-state index contributed by atoms with van der Waals surface area (Å²) in [5, 5.41) is 4.82. The van der Waals surface area contributed by atoms with E-state index in [1.54, 1.807) is 36.4 Å². The van der Waals surface area contributed by atoms with E-state index in [1.807, 2.05) is 32.0 Å². The highest BCUT2D eigenvalue weighted by atomic mass is 35.5. The van der Waals surface area contributed by atoms with Crippen molar-refractivity contribution in [1.82, 2.24) is 5.32 Å². The molecule has 1 N–H and O–H groups in total. The molecule has 0 saturated carbocycles. The van der Waals surface area contributed by atoms with Crippen LogP contribution in [0.3, 0.4) is 0 Å². The van der Waals surface area contributed by atoms with Crippen LogP contribution in [0.2, 0.25) is 5.02 Å². The topological polar surface area (TPSA) is 75.7 Å². The second kappa shape index (κ2) is 9.91. The van der Waals surface area contributed by atoms with Gasteiger partial charge in [-0.2, -0.15) is 0 Å². The molecule has 0 aliphatic carbocycles. The van der Waals surface area contributed by atoms with Crippen molar-refractivity contribution in [3.63, 3.8) is 0 Å². The van der Waals surface area contributed by atoms with Crippen molar-refractivity contribution in [2.24, 2.45) is 0 Å². The number of nitrogens with zero attached hydrogens (tertiary/aromatic N) is 1. The molecule has 7 heteroatoms. The number of nitrogens with one attached hydrogen (secondary N) is 1. The molecule has 1 heterocycles. The Morgan fingerprint density at radius 2 is 1.73 bits per heavy atom. The molecule has 0 unspecified atom stereocenters. The quantitative estimate of drug-likeness (QED) is 0.250. The molecule has 0 aromatic heterocycles. The fraction of sp³-hybridized carbons (Fsp3) is 0.100. The van der Waals surface area contributed by atoms with Gasteiger partial charge in [-0.25, -0.2) is 9.69 Å². The van der Waals surface area contributed by atoms with Gasteiger partial charge in [-0.05, 0) is 71.7 Å². The van der Waals surface area contributed by atoms with Crippen LogP contribution in [0.15, 0.2) is 84.4 Å². The summed E-state index contributed by atoms with van der Waals surface area (Å²) in [6.07, 6.45) is 1.41. The Balaban J connectivity index is 1.39.